The normalized spacial score (nSPS) is 11.4. The van der Waals surface area contributed by atoms with Gasteiger partial charge in [-0.2, -0.15) is 5.10 Å². The lowest BCUT2D eigenvalue weighted by molar-refractivity contribution is 0.0951. The molecule has 1 amide bonds. The number of nitrogens with zero attached hydrogens (tertiary/aromatic N) is 1. The lowest BCUT2D eigenvalue weighted by atomic mass is 10.2. The summed E-state index contributed by atoms with van der Waals surface area (Å²) in [6.45, 7) is 3.80. The number of aryl methyl sites for hydroxylation is 1. The average Bonchev–Trinajstić information content (AvgIpc) is 2.83. The van der Waals surface area contributed by atoms with Crippen LogP contribution in [0.15, 0.2) is 41.5 Å². The van der Waals surface area contributed by atoms with Gasteiger partial charge in [-0.15, -0.1) is 11.3 Å². The van der Waals surface area contributed by atoms with Gasteiger partial charge in [0.2, 0.25) is 0 Å². The second-order valence-corrected chi connectivity index (χ2v) is 5.32. The number of hydrogen-bond donors (Lipinski definition) is 1. The molecular weight excluding hydrogens is 263 g/mol. The lowest BCUT2D eigenvalue weighted by Crippen LogP contribution is -2.20. The number of rotatable bonds is 3. The predicted molar refractivity (Wildman–Crippen MR) is 75.1 cm³/mol. The van der Waals surface area contributed by atoms with E-state index in [0.717, 1.165) is 4.88 Å². The van der Waals surface area contributed by atoms with Crippen LogP contribution in [0.4, 0.5) is 4.39 Å². The molecule has 1 aromatic carbocycles. The summed E-state index contributed by atoms with van der Waals surface area (Å²) in [6, 6.07) is 9.73. The Labute approximate surface area is 114 Å². The van der Waals surface area contributed by atoms with E-state index in [0.29, 0.717) is 5.71 Å². The van der Waals surface area contributed by atoms with E-state index in [1.165, 1.54) is 23.1 Å². The first-order valence-electron chi connectivity index (χ1n) is 5.74. The summed E-state index contributed by atoms with van der Waals surface area (Å²) in [5, 5.41) is 3.99. The molecular formula is C14H13FN2OS. The van der Waals surface area contributed by atoms with Gasteiger partial charge >= 0.3 is 0 Å². The molecule has 0 atom stereocenters. The van der Waals surface area contributed by atoms with Crippen LogP contribution in [0.25, 0.3) is 0 Å². The summed E-state index contributed by atoms with van der Waals surface area (Å²) in [6.07, 6.45) is 0. The third-order valence-electron chi connectivity index (χ3n) is 2.54. The first-order valence-corrected chi connectivity index (χ1v) is 6.55. The molecule has 2 aromatic rings. The minimum absolute atomic E-state index is 0.0126. The van der Waals surface area contributed by atoms with Gasteiger partial charge in [0, 0.05) is 4.88 Å². The molecule has 0 radical (unpaired) electrons. The van der Waals surface area contributed by atoms with E-state index < -0.39 is 11.7 Å². The van der Waals surface area contributed by atoms with Crippen LogP contribution in [-0.4, -0.2) is 11.6 Å². The molecule has 0 bridgehead atoms. The number of nitrogens with one attached hydrogen (secondary N) is 1. The number of carbonyl (C=O) groups is 1. The Balaban J connectivity index is 2.10. The number of thiophene rings is 1. The first-order chi connectivity index (χ1) is 9.08. The first kappa shape index (κ1) is 13.4. The van der Waals surface area contributed by atoms with Crippen molar-refractivity contribution in [3.05, 3.63) is 57.5 Å². The molecule has 19 heavy (non-hydrogen) atoms. The zero-order valence-corrected chi connectivity index (χ0v) is 11.4. The molecule has 0 unspecified atom stereocenters. The molecule has 5 heteroatoms. The minimum Gasteiger partial charge on any atom is -0.267 e. The quantitative estimate of drug-likeness (QED) is 0.678. The summed E-state index contributed by atoms with van der Waals surface area (Å²) < 4.78 is 13.4. The number of hydrazone groups is 1. The Morgan fingerprint density at radius 3 is 2.63 bits per heavy atom. The zero-order valence-electron chi connectivity index (χ0n) is 10.6. The second kappa shape index (κ2) is 5.75. The Morgan fingerprint density at radius 1 is 1.26 bits per heavy atom. The van der Waals surface area contributed by atoms with E-state index in [1.807, 2.05) is 19.1 Å². The molecule has 0 spiro atoms. The summed E-state index contributed by atoms with van der Waals surface area (Å²) in [7, 11) is 0. The fourth-order valence-electron chi connectivity index (χ4n) is 1.52. The molecule has 0 aliphatic carbocycles. The van der Waals surface area contributed by atoms with Crippen molar-refractivity contribution < 1.29 is 9.18 Å². The van der Waals surface area contributed by atoms with Gasteiger partial charge < -0.3 is 0 Å². The van der Waals surface area contributed by atoms with Crippen LogP contribution in [0.1, 0.15) is 27.0 Å². The maximum absolute atomic E-state index is 13.4. The largest absolute Gasteiger partial charge is 0.274 e. The highest BCUT2D eigenvalue weighted by atomic mass is 32.1. The highest BCUT2D eigenvalue weighted by molar-refractivity contribution is 7.14. The van der Waals surface area contributed by atoms with Crippen molar-refractivity contribution in [3.8, 4) is 0 Å². The van der Waals surface area contributed by atoms with E-state index in [4.69, 9.17) is 0 Å². The van der Waals surface area contributed by atoms with E-state index in [9.17, 15) is 9.18 Å². The van der Waals surface area contributed by atoms with Crippen molar-refractivity contribution >= 4 is 23.0 Å². The Bertz CT molecular complexity index is 634. The van der Waals surface area contributed by atoms with Gasteiger partial charge in [-0.3, -0.25) is 4.79 Å². The molecule has 0 aliphatic heterocycles. The predicted octanol–water partition coefficient (Wildman–Crippen LogP) is 3.35. The van der Waals surface area contributed by atoms with Crippen molar-refractivity contribution in [2.75, 3.05) is 0 Å². The molecule has 2 rings (SSSR count). The summed E-state index contributed by atoms with van der Waals surface area (Å²) in [5.41, 5.74) is 3.05. The van der Waals surface area contributed by atoms with Gasteiger partial charge in [0.15, 0.2) is 0 Å². The molecule has 1 N–H and O–H groups in total. The van der Waals surface area contributed by atoms with Crippen molar-refractivity contribution in [3.63, 3.8) is 0 Å². The molecule has 0 aliphatic rings. The highest BCUT2D eigenvalue weighted by Gasteiger charge is 2.10. The van der Waals surface area contributed by atoms with Gasteiger partial charge in [0.25, 0.3) is 5.91 Å². The van der Waals surface area contributed by atoms with Crippen molar-refractivity contribution in [1.29, 1.82) is 0 Å². The standard InChI is InChI=1S/C14H13FN2OS/c1-9-7-8-13(19-9)10(2)16-17-14(18)11-5-3-4-6-12(11)15/h3-8H,1-2H3,(H,17,18)/b16-10+. The van der Waals surface area contributed by atoms with E-state index in [2.05, 4.69) is 10.5 Å². The number of carbonyl (C=O) groups excluding carboxylic acids is 1. The van der Waals surface area contributed by atoms with Gasteiger partial charge in [-0.05, 0) is 38.1 Å². The topological polar surface area (TPSA) is 41.5 Å². The SMILES string of the molecule is C/C(=N\NC(=O)c1ccccc1F)c1ccc(C)s1. The summed E-state index contributed by atoms with van der Waals surface area (Å²) >= 11 is 1.59. The maximum atomic E-state index is 13.4. The fourth-order valence-corrected chi connectivity index (χ4v) is 2.34. The summed E-state index contributed by atoms with van der Waals surface area (Å²) in [4.78, 5) is 13.9. The van der Waals surface area contributed by atoms with Crippen LogP contribution in [0.5, 0.6) is 0 Å². The Hall–Kier alpha value is -2.01. The van der Waals surface area contributed by atoms with E-state index in [1.54, 1.807) is 24.3 Å². The Kier molecular flexibility index (Phi) is 4.06. The third-order valence-corrected chi connectivity index (χ3v) is 3.65. The molecule has 0 saturated carbocycles. The maximum Gasteiger partial charge on any atom is 0.274 e. The van der Waals surface area contributed by atoms with Crippen molar-refractivity contribution in [1.82, 2.24) is 5.43 Å². The minimum atomic E-state index is -0.556. The zero-order chi connectivity index (χ0) is 13.8. The van der Waals surface area contributed by atoms with Crippen molar-refractivity contribution in [2.24, 2.45) is 5.10 Å². The highest BCUT2D eigenvalue weighted by Crippen LogP contribution is 2.15. The van der Waals surface area contributed by atoms with Crippen LogP contribution in [0, 0.1) is 12.7 Å². The molecule has 0 fully saturated rings. The van der Waals surface area contributed by atoms with Crippen LogP contribution >= 0.6 is 11.3 Å². The van der Waals surface area contributed by atoms with Gasteiger partial charge in [-0.25, -0.2) is 9.82 Å². The monoisotopic (exact) mass is 276 g/mol. The molecule has 98 valence electrons. The molecule has 0 saturated heterocycles. The summed E-state index contributed by atoms with van der Waals surface area (Å²) in [5.74, 6) is -1.11. The number of halogens is 1. The molecule has 1 aromatic heterocycles. The van der Waals surface area contributed by atoms with E-state index >= 15 is 0 Å². The van der Waals surface area contributed by atoms with Crippen LogP contribution in [0.3, 0.4) is 0 Å². The van der Waals surface area contributed by atoms with Crippen LogP contribution in [-0.2, 0) is 0 Å². The smallest absolute Gasteiger partial charge is 0.267 e. The second-order valence-electron chi connectivity index (χ2n) is 4.03. The van der Waals surface area contributed by atoms with Crippen LogP contribution < -0.4 is 5.43 Å². The number of benzene rings is 1. The lowest BCUT2D eigenvalue weighted by Gasteiger charge is -2.02. The molecule has 3 nitrogen and oxygen atoms in total. The van der Waals surface area contributed by atoms with E-state index in [-0.39, 0.29) is 5.56 Å². The van der Waals surface area contributed by atoms with Crippen LogP contribution in [0.2, 0.25) is 0 Å². The molecule has 1 heterocycles. The fraction of sp³-hybridized carbons (Fsp3) is 0.143. The van der Waals surface area contributed by atoms with Gasteiger partial charge in [0.05, 0.1) is 16.2 Å². The number of hydrogen-bond acceptors (Lipinski definition) is 3. The number of amides is 1. The van der Waals surface area contributed by atoms with Gasteiger partial charge in [0.1, 0.15) is 5.82 Å². The van der Waals surface area contributed by atoms with Crippen molar-refractivity contribution in [2.45, 2.75) is 13.8 Å². The average molecular weight is 276 g/mol. The van der Waals surface area contributed by atoms with Gasteiger partial charge in [-0.1, -0.05) is 12.1 Å². The third kappa shape index (κ3) is 3.26. The Morgan fingerprint density at radius 2 is 2.00 bits per heavy atom.